The zero-order valence-corrected chi connectivity index (χ0v) is 16.0. The molecule has 3 heterocycles. The topological polar surface area (TPSA) is 93.9 Å². The molecule has 4 rings (SSSR count). The average Bonchev–Trinajstić information content (AvgIpc) is 3.31. The SMILES string of the molecule is O=C(CCCc1ccccn1)Nc1cc(C2CC2)nn1C1CCS(=O)(=O)C1. The molecule has 1 N–H and O–H groups in total. The van der Waals surface area contributed by atoms with Gasteiger partial charge in [0.15, 0.2) is 9.84 Å². The molecule has 0 spiro atoms. The maximum absolute atomic E-state index is 12.4. The maximum Gasteiger partial charge on any atom is 0.225 e. The van der Waals surface area contributed by atoms with E-state index in [1.165, 1.54) is 0 Å². The van der Waals surface area contributed by atoms with Crippen LogP contribution in [0.3, 0.4) is 0 Å². The van der Waals surface area contributed by atoms with Crippen molar-refractivity contribution in [1.29, 1.82) is 0 Å². The molecule has 1 unspecified atom stereocenters. The molecular formula is C19H24N4O3S. The van der Waals surface area contributed by atoms with Crippen LogP contribution in [0.4, 0.5) is 5.82 Å². The van der Waals surface area contributed by atoms with Gasteiger partial charge in [0, 0.05) is 30.3 Å². The summed E-state index contributed by atoms with van der Waals surface area (Å²) in [5, 5.41) is 7.58. The highest BCUT2D eigenvalue weighted by molar-refractivity contribution is 7.91. The number of rotatable bonds is 7. The van der Waals surface area contributed by atoms with Crippen molar-refractivity contribution in [1.82, 2.24) is 14.8 Å². The first kappa shape index (κ1) is 18.2. The molecule has 0 bridgehead atoms. The monoisotopic (exact) mass is 388 g/mol. The largest absolute Gasteiger partial charge is 0.311 e. The van der Waals surface area contributed by atoms with Crippen LogP contribution in [0.15, 0.2) is 30.5 Å². The Balaban J connectivity index is 1.40. The number of carbonyl (C=O) groups is 1. The van der Waals surface area contributed by atoms with Crippen molar-refractivity contribution in [3.8, 4) is 0 Å². The van der Waals surface area contributed by atoms with E-state index in [0.717, 1.165) is 30.7 Å². The lowest BCUT2D eigenvalue weighted by Gasteiger charge is -2.13. The summed E-state index contributed by atoms with van der Waals surface area (Å²) >= 11 is 0. The maximum atomic E-state index is 12.4. The van der Waals surface area contributed by atoms with Crippen LogP contribution < -0.4 is 5.32 Å². The second-order valence-electron chi connectivity index (χ2n) is 7.45. The van der Waals surface area contributed by atoms with Gasteiger partial charge in [-0.3, -0.25) is 9.78 Å². The predicted octanol–water partition coefficient (Wildman–Crippen LogP) is 2.48. The lowest BCUT2D eigenvalue weighted by molar-refractivity contribution is -0.116. The van der Waals surface area contributed by atoms with Crippen LogP contribution in [0.2, 0.25) is 0 Å². The summed E-state index contributed by atoms with van der Waals surface area (Å²) in [6.07, 6.45) is 6.38. The molecule has 1 aliphatic carbocycles. The number of nitrogens with one attached hydrogen (secondary N) is 1. The summed E-state index contributed by atoms with van der Waals surface area (Å²) in [6.45, 7) is 0. The molecule has 7 nitrogen and oxygen atoms in total. The van der Waals surface area contributed by atoms with E-state index in [9.17, 15) is 13.2 Å². The van der Waals surface area contributed by atoms with Gasteiger partial charge in [0.25, 0.3) is 0 Å². The number of pyridine rings is 1. The lowest BCUT2D eigenvalue weighted by Crippen LogP contribution is -2.19. The molecular weight excluding hydrogens is 364 g/mol. The van der Waals surface area contributed by atoms with E-state index < -0.39 is 9.84 Å². The van der Waals surface area contributed by atoms with E-state index >= 15 is 0 Å². The Bertz CT molecular complexity index is 920. The number of anilines is 1. The fourth-order valence-corrected chi connectivity index (χ4v) is 5.21. The van der Waals surface area contributed by atoms with E-state index in [4.69, 9.17) is 0 Å². The molecule has 2 aromatic rings. The third-order valence-corrected chi connectivity index (χ3v) is 6.89. The summed E-state index contributed by atoms with van der Waals surface area (Å²) in [5.74, 6) is 1.29. The van der Waals surface area contributed by atoms with Gasteiger partial charge < -0.3 is 5.32 Å². The molecule has 1 saturated carbocycles. The molecule has 27 heavy (non-hydrogen) atoms. The number of hydrogen-bond acceptors (Lipinski definition) is 5. The number of aromatic nitrogens is 3. The Kier molecular flexibility index (Phi) is 4.99. The second-order valence-corrected chi connectivity index (χ2v) is 9.68. The minimum absolute atomic E-state index is 0.0738. The standard InChI is InChI=1S/C19H24N4O3S/c24-19(6-3-5-15-4-1-2-10-20-15)21-18-12-17(14-7-8-14)22-23(18)16-9-11-27(25,26)13-16/h1-2,4,10,12,14,16H,3,5-9,11,13H2,(H,21,24). The highest BCUT2D eigenvalue weighted by Crippen LogP contribution is 2.41. The highest BCUT2D eigenvalue weighted by Gasteiger charge is 2.34. The molecule has 2 fully saturated rings. The second kappa shape index (κ2) is 7.42. The molecule has 8 heteroatoms. The number of sulfone groups is 1. The van der Waals surface area contributed by atoms with Gasteiger partial charge in [0.05, 0.1) is 23.2 Å². The number of hydrogen-bond donors (Lipinski definition) is 1. The van der Waals surface area contributed by atoms with Gasteiger partial charge in [-0.2, -0.15) is 5.10 Å². The molecule has 2 aromatic heterocycles. The van der Waals surface area contributed by atoms with Crippen LogP contribution in [0.1, 0.15) is 55.5 Å². The zero-order chi connectivity index (χ0) is 18.9. The van der Waals surface area contributed by atoms with Gasteiger partial charge in [0.2, 0.25) is 5.91 Å². The average molecular weight is 388 g/mol. The van der Waals surface area contributed by atoms with Crippen molar-refractivity contribution in [2.45, 2.75) is 50.5 Å². The third kappa shape index (κ3) is 4.55. The number of nitrogens with zero attached hydrogens (tertiary/aromatic N) is 3. The smallest absolute Gasteiger partial charge is 0.225 e. The van der Waals surface area contributed by atoms with Crippen LogP contribution in [0, 0.1) is 0 Å². The van der Waals surface area contributed by atoms with Crippen LogP contribution in [0.5, 0.6) is 0 Å². The van der Waals surface area contributed by atoms with Gasteiger partial charge in [-0.15, -0.1) is 0 Å². The first-order chi connectivity index (χ1) is 13.0. The van der Waals surface area contributed by atoms with Gasteiger partial charge in [-0.05, 0) is 44.2 Å². The number of aryl methyl sites for hydroxylation is 1. The molecule has 2 aliphatic rings. The number of carbonyl (C=O) groups excluding carboxylic acids is 1. The first-order valence-corrected chi connectivity index (χ1v) is 11.3. The third-order valence-electron chi connectivity index (χ3n) is 5.13. The molecule has 1 saturated heterocycles. The van der Waals surface area contributed by atoms with Crippen molar-refractivity contribution in [3.63, 3.8) is 0 Å². The lowest BCUT2D eigenvalue weighted by atomic mass is 10.1. The van der Waals surface area contributed by atoms with Crippen LogP contribution in [-0.2, 0) is 21.1 Å². The summed E-state index contributed by atoms with van der Waals surface area (Å²) in [5.41, 5.74) is 1.94. The Morgan fingerprint density at radius 3 is 2.78 bits per heavy atom. The fraction of sp³-hybridized carbons (Fsp3) is 0.526. The summed E-state index contributed by atoms with van der Waals surface area (Å²) in [4.78, 5) is 16.7. The van der Waals surface area contributed by atoms with Crippen LogP contribution in [-0.4, -0.2) is 40.6 Å². The number of amides is 1. The van der Waals surface area contributed by atoms with E-state index in [0.29, 0.717) is 31.0 Å². The molecule has 0 aromatic carbocycles. The van der Waals surface area contributed by atoms with E-state index in [1.54, 1.807) is 10.9 Å². The van der Waals surface area contributed by atoms with E-state index in [-0.39, 0.29) is 23.5 Å². The normalized spacial score (nSPS) is 21.3. The summed E-state index contributed by atoms with van der Waals surface area (Å²) in [7, 11) is -3.01. The molecule has 1 aliphatic heterocycles. The van der Waals surface area contributed by atoms with Gasteiger partial charge in [-0.25, -0.2) is 13.1 Å². The van der Waals surface area contributed by atoms with Crippen LogP contribution >= 0.6 is 0 Å². The van der Waals surface area contributed by atoms with Crippen molar-refractivity contribution >= 4 is 21.6 Å². The van der Waals surface area contributed by atoms with Crippen molar-refractivity contribution in [3.05, 3.63) is 41.9 Å². The fourth-order valence-electron chi connectivity index (χ4n) is 3.51. The minimum Gasteiger partial charge on any atom is -0.311 e. The Morgan fingerprint density at radius 2 is 2.11 bits per heavy atom. The highest BCUT2D eigenvalue weighted by atomic mass is 32.2. The van der Waals surface area contributed by atoms with Crippen molar-refractivity contribution in [2.24, 2.45) is 0 Å². The van der Waals surface area contributed by atoms with Gasteiger partial charge in [-0.1, -0.05) is 6.07 Å². The van der Waals surface area contributed by atoms with Crippen molar-refractivity contribution in [2.75, 3.05) is 16.8 Å². The molecule has 0 radical (unpaired) electrons. The van der Waals surface area contributed by atoms with Crippen molar-refractivity contribution < 1.29 is 13.2 Å². The Labute approximate surface area is 159 Å². The Hall–Kier alpha value is -2.22. The van der Waals surface area contributed by atoms with Gasteiger partial charge >= 0.3 is 0 Å². The molecule has 144 valence electrons. The summed E-state index contributed by atoms with van der Waals surface area (Å²) < 4.78 is 25.4. The first-order valence-electron chi connectivity index (χ1n) is 9.50. The van der Waals surface area contributed by atoms with Crippen LogP contribution in [0.25, 0.3) is 0 Å². The minimum atomic E-state index is -3.01. The molecule has 1 amide bonds. The van der Waals surface area contributed by atoms with E-state index in [1.807, 2.05) is 24.3 Å². The predicted molar refractivity (Wildman–Crippen MR) is 102 cm³/mol. The quantitative estimate of drug-likeness (QED) is 0.786. The van der Waals surface area contributed by atoms with Gasteiger partial charge in [0.1, 0.15) is 5.82 Å². The molecule has 1 atom stereocenters. The zero-order valence-electron chi connectivity index (χ0n) is 15.2. The summed E-state index contributed by atoms with van der Waals surface area (Å²) in [6, 6.07) is 7.49. The Morgan fingerprint density at radius 1 is 1.26 bits per heavy atom. The van der Waals surface area contributed by atoms with E-state index in [2.05, 4.69) is 15.4 Å².